The van der Waals surface area contributed by atoms with Crippen LogP contribution in [0.4, 0.5) is 0 Å². The maximum Gasteiger partial charge on any atom is 0.0581 e. The van der Waals surface area contributed by atoms with Gasteiger partial charge in [0.2, 0.25) is 0 Å². The molecule has 1 aromatic rings. The Kier molecular flexibility index (Phi) is 6.12. The average Bonchev–Trinajstić information content (AvgIpc) is 2.35. The van der Waals surface area contributed by atoms with Crippen LogP contribution in [-0.4, -0.2) is 24.3 Å². The molecule has 2 heteroatoms. The van der Waals surface area contributed by atoms with Gasteiger partial charge in [0.05, 0.1) is 6.61 Å². The molecule has 0 amide bonds. The van der Waals surface area contributed by atoms with E-state index in [0.29, 0.717) is 5.92 Å². The summed E-state index contributed by atoms with van der Waals surface area (Å²) in [6.45, 7) is 5.37. The maximum absolute atomic E-state index is 8.99. The third kappa shape index (κ3) is 4.33. The third-order valence-corrected chi connectivity index (χ3v) is 2.89. The van der Waals surface area contributed by atoms with E-state index < -0.39 is 0 Å². The van der Waals surface area contributed by atoms with Crippen LogP contribution < -0.4 is 5.32 Å². The first-order valence-corrected chi connectivity index (χ1v) is 6.17. The van der Waals surface area contributed by atoms with Crippen molar-refractivity contribution in [2.75, 3.05) is 13.2 Å². The third-order valence-electron chi connectivity index (χ3n) is 2.89. The highest BCUT2D eigenvalue weighted by molar-refractivity contribution is 5.19. The Morgan fingerprint density at radius 1 is 1.25 bits per heavy atom. The zero-order valence-corrected chi connectivity index (χ0v) is 10.3. The molecule has 1 aromatic carbocycles. The molecule has 2 N–H and O–H groups in total. The molecule has 0 spiro atoms. The molecule has 0 bridgehead atoms. The van der Waals surface area contributed by atoms with Crippen molar-refractivity contribution in [3.8, 4) is 0 Å². The Bertz CT molecular complexity index is 273. The van der Waals surface area contributed by atoms with Crippen LogP contribution in [0.15, 0.2) is 30.3 Å². The molecule has 0 saturated carbocycles. The Morgan fingerprint density at radius 3 is 2.50 bits per heavy atom. The first kappa shape index (κ1) is 13.2. The molecule has 0 aliphatic rings. The highest BCUT2D eigenvalue weighted by atomic mass is 16.3. The van der Waals surface area contributed by atoms with Gasteiger partial charge in [-0.15, -0.1) is 0 Å². The summed E-state index contributed by atoms with van der Waals surface area (Å²) in [7, 11) is 0. The minimum absolute atomic E-state index is 0.183. The van der Waals surface area contributed by atoms with Gasteiger partial charge in [0.15, 0.2) is 0 Å². The van der Waals surface area contributed by atoms with Crippen LogP contribution >= 0.6 is 0 Å². The topological polar surface area (TPSA) is 32.3 Å². The summed E-state index contributed by atoms with van der Waals surface area (Å²) in [5.41, 5.74) is 1.39. The van der Waals surface area contributed by atoms with Crippen molar-refractivity contribution in [2.24, 2.45) is 0 Å². The second kappa shape index (κ2) is 7.42. The predicted molar refractivity (Wildman–Crippen MR) is 68.6 cm³/mol. The number of benzene rings is 1. The number of hydrogen-bond donors (Lipinski definition) is 2. The monoisotopic (exact) mass is 221 g/mol. The first-order valence-electron chi connectivity index (χ1n) is 6.17. The van der Waals surface area contributed by atoms with Gasteiger partial charge in [-0.2, -0.15) is 0 Å². The van der Waals surface area contributed by atoms with Crippen molar-refractivity contribution in [3.63, 3.8) is 0 Å². The van der Waals surface area contributed by atoms with Crippen molar-refractivity contribution >= 4 is 0 Å². The van der Waals surface area contributed by atoms with E-state index in [1.807, 2.05) is 6.92 Å². The van der Waals surface area contributed by atoms with E-state index in [0.717, 1.165) is 6.54 Å². The molecular weight excluding hydrogens is 198 g/mol. The molecule has 2 atom stereocenters. The van der Waals surface area contributed by atoms with Crippen LogP contribution in [0.5, 0.6) is 0 Å². The number of aliphatic hydroxyl groups excluding tert-OH is 1. The summed E-state index contributed by atoms with van der Waals surface area (Å²) >= 11 is 0. The number of hydrogen-bond acceptors (Lipinski definition) is 2. The molecule has 16 heavy (non-hydrogen) atoms. The summed E-state index contributed by atoms with van der Waals surface area (Å²) in [5.74, 6) is 0.556. The van der Waals surface area contributed by atoms with E-state index >= 15 is 0 Å². The first-order chi connectivity index (χ1) is 7.77. The fourth-order valence-electron chi connectivity index (χ4n) is 1.87. The highest BCUT2D eigenvalue weighted by Crippen LogP contribution is 2.20. The van der Waals surface area contributed by atoms with E-state index in [9.17, 15) is 0 Å². The fraction of sp³-hybridized carbons (Fsp3) is 0.571. The molecule has 90 valence electrons. The minimum atomic E-state index is 0.183. The van der Waals surface area contributed by atoms with E-state index in [-0.39, 0.29) is 12.6 Å². The molecule has 0 fully saturated rings. The summed E-state index contributed by atoms with van der Waals surface area (Å²) in [5, 5.41) is 12.4. The highest BCUT2D eigenvalue weighted by Gasteiger charge is 2.11. The number of rotatable bonds is 7. The standard InChI is InChI=1S/C14H23NO/c1-3-7-14(10-15-12(2)11-16)13-8-5-4-6-9-13/h4-6,8-9,12,14-16H,3,7,10-11H2,1-2H3. The molecule has 0 heterocycles. The van der Waals surface area contributed by atoms with Gasteiger partial charge in [0, 0.05) is 12.6 Å². The van der Waals surface area contributed by atoms with E-state index in [2.05, 4.69) is 42.6 Å². The number of nitrogens with one attached hydrogen (secondary N) is 1. The molecule has 0 aliphatic heterocycles. The summed E-state index contributed by atoms with van der Waals surface area (Å²) < 4.78 is 0. The number of aliphatic hydroxyl groups is 1. The van der Waals surface area contributed by atoms with Crippen molar-refractivity contribution in [3.05, 3.63) is 35.9 Å². The van der Waals surface area contributed by atoms with Gasteiger partial charge in [0.25, 0.3) is 0 Å². The van der Waals surface area contributed by atoms with Crippen molar-refractivity contribution < 1.29 is 5.11 Å². The molecule has 0 aromatic heterocycles. The van der Waals surface area contributed by atoms with Crippen LogP contribution in [0.1, 0.15) is 38.2 Å². The van der Waals surface area contributed by atoms with Gasteiger partial charge in [-0.1, -0.05) is 43.7 Å². The minimum Gasteiger partial charge on any atom is -0.395 e. The molecular formula is C14H23NO. The largest absolute Gasteiger partial charge is 0.395 e. The van der Waals surface area contributed by atoms with E-state index in [1.54, 1.807) is 0 Å². The van der Waals surface area contributed by atoms with E-state index in [1.165, 1.54) is 18.4 Å². The van der Waals surface area contributed by atoms with Gasteiger partial charge in [-0.05, 0) is 24.8 Å². The molecule has 0 radical (unpaired) electrons. The lowest BCUT2D eigenvalue weighted by Crippen LogP contribution is -2.33. The molecule has 0 aliphatic carbocycles. The van der Waals surface area contributed by atoms with Gasteiger partial charge in [-0.25, -0.2) is 0 Å². The van der Waals surface area contributed by atoms with Gasteiger partial charge in [-0.3, -0.25) is 0 Å². The molecule has 0 saturated heterocycles. The van der Waals surface area contributed by atoms with Crippen LogP contribution in [-0.2, 0) is 0 Å². The van der Waals surface area contributed by atoms with Crippen LogP contribution in [0.25, 0.3) is 0 Å². The Hall–Kier alpha value is -0.860. The zero-order valence-electron chi connectivity index (χ0n) is 10.3. The lowest BCUT2D eigenvalue weighted by Gasteiger charge is -2.19. The van der Waals surface area contributed by atoms with Gasteiger partial charge < -0.3 is 10.4 Å². The lowest BCUT2D eigenvalue weighted by atomic mass is 9.94. The van der Waals surface area contributed by atoms with Gasteiger partial charge >= 0.3 is 0 Å². The second-order valence-corrected chi connectivity index (χ2v) is 4.39. The van der Waals surface area contributed by atoms with Crippen LogP contribution in [0.3, 0.4) is 0 Å². The lowest BCUT2D eigenvalue weighted by molar-refractivity contribution is 0.249. The summed E-state index contributed by atoms with van der Waals surface area (Å²) in [6, 6.07) is 10.8. The smallest absolute Gasteiger partial charge is 0.0581 e. The maximum atomic E-state index is 8.99. The van der Waals surface area contributed by atoms with Crippen molar-refractivity contribution in [1.29, 1.82) is 0 Å². The zero-order chi connectivity index (χ0) is 11.8. The van der Waals surface area contributed by atoms with E-state index in [4.69, 9.17) is 5.11 Å². The quantitative estimate of drug-likeness (QED) is 0.741. The second-order valence-electron chi connectivity index (χ2n) is 4.39. The average molecular weight is 221 g/mol. The van der Waals surface area contributed by atoms with Gasteiger partial charge in [0.1, 0.15) is 0 Å². The molecule has 2 unspecified atom stereocenters. The molecule has 1 rings (SSSR count). The Labute approximate surface area is 98.7 Å². The molecule has 2 nitrogen and oxygen atoms in total. The summed E-state index contributed by atoms with van der Waals surface area (Å²) in [4.78, 5) is 0. The fourth-order valence-corrected chi connectivity index (χ4v) is 1.87. The van der Waals surface area contributed by atoms with Crippen molar-refractivity contribution in [2.45, 2.75) is 38.6 Å². The van der Waals surface area contributed by atoms with Crippen molar-refractivity contribution in [1.82, 2.24) is 5.32 Å². The van der Waals surface area contributed by atoms with Crippen LogP contribution in [0, 0.1) is 0 Å². The summed E-state index contributed by atoms with van der Waals surface area (Å²) in [6.07, 6.45) is 2.38. The predicted octanol–water partition coefficient (Wildman–Crippen LogP) is 2.54. The SMILES string of the molecule is CCCC(CNC(C)CO)c1ccccc1. The Morgan fingerprint density at radius 2 is 1.94 bits per heavy atom. The van der Waals surface area contributed by atoms with Crippen LogP contribution in [0.2, 0.25) is 0 Å². The Balaban J connectivity index is 2.54. The normalized spacial score (nSPS) is 14.7.